The van der Waals surface area contributed by atoms with Crippen molar-refractivity contribution in [3.63, 3.8) is 0 Å². The standard InChI is InChI=1S/C21H24N4O3S/c1-14(21(28)25-13-20(27)22-15-8-4-6-10-17(15)25)24(2)12-19(26)23-16-9-5-7-11-18(16)29-3/h4-11,14H,12-13H2,1-3H3,(H,22,27)(H,23,26)/t14-/m1/s1. The number of rotatable bonds is 6. The van der Waals surface area contributed by atoms with Crippen LogP contribution in [0, 0.1) is 0 Å². The van der Waals surface area contributed by atoms with Gasteiger partial charge in [-0.25, -0.2) is 0 Å². The van der Waals surface area contributed by atoms with Crippen LogP contribution in [0.25, 0.3) is 0 Å². The summed E-state index contributed by atoms with van der Waals surface area (Å²) < 4.78 is 0. The zero-order valence-corrected chi connectivity index (χ0v) is 17.5. The van der Waals surface area contributed by atoms with E-state index in [1.165, 1.54) is 4.90 Å². The normalized spacial score (nSPS) is 14.2. The second kappa shape index (κ2) is 9.11. The first kappa shape index (κ1) is 20.9. The van der Waals surface area contributed by atoms with E-state index in [0.29, 0.717) is 11.4 Å². The highest BCUT2D eigenvalue weighted by molar-refractivity contribution is 7.98. The van der Waals surface area contributed by atoms with Gasteiger partial charge in [-0.05, 0) is 44.5 Å². The smallest absolute Gasteiger partial charge is 0.244 e. The molecule has 3 amide bonds. The van der Waals surface area contributed by atoms with Gasteiger partial charge < -0.3 is 10.6 Å². The maximum absolute atomic E-state index is 13.1. The maximum Gasteiger partial charge on any atom is 0.244 e. The first-order valence-electron chi connectivity index (χ1n) is 9.24. The molecule has 8 heteroatoms. The lowest BCUT2D eigenvalue weighted by Crippen LogP contribution is -2.51. The first-order valence-corrected chi connectivity index (χ1v) is 10.5. The van der Waals surface area contributed by atoms with Crippen LogP contribution in [0.15, 0.2) is 53.4 Å². The van der Waals surface area contributed by atoms with Gasteiger partial charge in [-0.1, -0.05) is 24.3 Å². The predicted molar refractivity (Wildman–Crippen MR) is 116 cm³/mol. The summed E-state index contributed by atoms with van der Waals surface area (Å²) >= 11 is 1.55. The molecule has 1 heterocycles. The fourth-order valence-corrected chi connectivity index (χ4v) is 3.70. The third-order valence-corrected chi connectivity index (χ3v) is 5.63. The van der Waals surface area contributed by atoms with Crippen LogP contribution in [0.5, 0.6) is 0 Å². The summed E-state index contributed by atoms with van der Waals surface area (Å²) in [6.07, 6.45) is 1.95. The number of anilines is 3. The molecule has 2 aromatic carbocycles. The molecule has 0 bridgehead atoms. The number of hydrogen-bond donors (Lipinski definition) is 2. The SMILES string of the molecule is CSc1ccccc1NC(=O)CN(C)[C@H](C)C(=O)N1CC(=O)Nc2ccccc21. The third kappa shape index (κ3) is 4.78. The molecule has 0 aromatic heterocycles. The number of likely N-dealkylation sites (N-methyl/N-ethyl adjacent to an activating group) is 1. The summed E-state index contributed by atoms with van der Waals surface area (Å²) in [5.41, 5.74) is 2.02. The van der Waals surface area contributed by atoms with Crippen LogP contribution in [0.2, 0.25) is 0 Å². The van der Waals surface area contributed by atoms with Gasteiger partial charge in [-0.2, -0.15) is 0 Å². The number of para-hydroxylation sites is 3. The minimum absolute atomic E-state index is 0.0404. The average Bonchev–Trinajstić information content (AvgIpc) is 2.72. The molecule has 0 radical (unpaired) electrons. The van der Waals surface area contributed by atoms with Gasteiger partial charge in [0.15, 0.2) is 0 Å². The minimum Gasteiger partial charge on any atom is -0.324 e. The van der Waals surface area contributed by atoms with E-state index in [4.69, 9.17) is 0 Å². The Kier molecular flexibility index (Phi) is 6.56. The molecule has 2 N–H and O–H groups in total. The number of carbonyl (C=O) groups excluding carboxylic acids is 3. The summed E-state index contributed by atoms with van der Waals surface area (Å²) in [4.78, 5) is 41.7. The number of thioether (sulfide) groups is 1. The van der Waals surface area contributed by atoms with Gasteiger partial charge in [-0.3, -0.25) is 24.2 Å². The molecule has 0 spiro atoms. The van der Waals surface area contributed by atoms with Crippen molar-refractivity contribution in [3.8, 4) is 0 Å². The van der Waals surface area contributed by atoms with E-state index in [2.05, 4.69) is 10.6 Å². The Morgan fingerprint density at radius 3 is 2.66 bits per heavy atom. The van der Waals surface area contributed by atoms with Gasteiger partial charge in [0.05, 0.1) is 29.6 Å². The fourth-order valence-electron chi connectivity index (χ4n) is 3.15. The number of amides is 3. The van der Waals surface area contributed by atoms with Gasteiger partial charge in [0.2, 0.25) is 17.7 Å². The molecule has 0 saturated heterocycles. The number of carbonyl (C=O) groups is 3. The summed E-state index contributed by atoms with van der Waals surface area (Å²) in [6, 6.07) is 14.2. The van der Waals surface area contributed by atoms with Crippen molar-refractivity contribution >= 4 is 46.5 Å². The molecular weight excluding hydrogens is 388 g/mol. The molecule has 0 fully saturated rings. The van der Waals surface area contributed by atoms with Gasteiger partial charge in [-0.15, -0.1) is 11.8 Å². The number of nitrogens with one attached hydrogen (secondary N) is 2. The molecule has 7 nitrogen and oxygen atoms in total. The second-order valence-corrected chi connectivity index (χ2v) is 7.68. The summed E-state index contributed by atoms with van der Waals surface area (Å²) in [5, 5.41) is 5.67. The van der Waals surface area contributed by atoms with Gasteiger partial charge >= 0.3 is 0 Å². The topological polar surface area (TPSA) is 81.8 Å². The van der Waals surface area contributed by atoms with Gasteiger partial charge in [0, 0.05) is 4.90 Å². The van der Waals surface area contributed by atoms with E-state index in [9.17, 15) is 14.4 Å². The van der Waals surface area contributed by atoms with E-state index in [0.717, 1.165) is 10.6 Å². The molecule has 1 atom stereocenters. The lowest BCUT2D eigenvalue weighted by atomic mass is 10.1. The van der Waals surface area contributed by atoms with Crippen LogP contribution in [-0.2, 0) is 14.4 Å². The molecule has 0 aliphatic carbocycles. The molecule has 2 aromatic rings. The van der Waals surface area contributed by atoms with E-state index in [1.54, 1.807) is 48.8 Å². The molecule has 1 aliphatic heterocycles. The highest BCUT2D eigenvalue weighted by Gasteiger charge is 2.31. The van der Waals surface area contributed by atoms with Crippen molar-refractivity contribution in [1.82, 2.24) is 4.90 Å². The lowest BCUT2D eigenvalue weighted by molar-refractivity contribution is -0.126. The van der Waals surface area contributed by atoms with Crippen molar-refractivity contribution in [2.24, 2.45) is 0 Å². The summed E-state index contributed by atoms with van der Waals surface area (Å²) in [6.45, 7) is 1.75. The predicted octanol–water partition coefficient (Wildman–Crippen LogP) is 2.65. The van der Waals surface area contributed by atoms with Gasteiger partial charge in [0.25, 0.3) is 0 Å². The number of benzene rings is 2. The van der Waals surface area contributed by atoms with Crippen molar-refractivity contribution in [2.45, 2.75) is 17.9 Å². The van der Waals surface area contributed by atoms with E-state index in [-0.39, 0.29) is 30.8 Å². The zero-order chi connectivity index (χ0) is 21.0. The fraction of sp³-hybridized carbons (Fsp3) is 0.286. The quantitative estimate of drug-likeness (QED) is 0.713. The zero-order valence-electron chi connectivity index (χ0n) is 16.6. The Hall–Kier alpha value is -2.84. The Bertz CT molecular complexity index is 934. The van der Waals surface area contributed by atoms with Crippen LogP contribution in [0.3, 0.4) is 0 Å². The van der Waals surface area contributed by atoms with Crippen LogP contribution in [-0.4, -0.2) is 55.1 Å². The van der Waals surface area contributed by atoms with Crippen molar-refractivity contribution < 1.29 is 14.4 Å². The van der Waals surface area contributed by atoms with Crippen molar-refractivity contribution in [2.75, 3.05) is 41.9 Å². The summed E-state index contributed by atoms with van der Waals surface area (Å²) in [7, 11) is 1.72. The van der Waals surface area contributed by atoms with Crippen LogP contribution in [0.4, 0.5) is 17.1 Å². The van der Waals surface area contributed by atoms with E-state index < -0.39 is 6.04 Å². The third-order valence-electron chi connectivity index (χ3n) is 4.83. The van der Waals surface area contributed by atoms with Crippen LogP contribution >= 0.6 is 11.8 Å². The van der Waals surface area contributed by atoms with Crippen molar-refractivity contribution in [1.29, 1.82) is 0 Å². The lowest BCUT2D eigenvalue weighted by Gasteiger charge is -2.33. The monoisotopic (exact) mass is 412 g/mol. The first-order chi connectivity index (χ1) is 13.9. The van der Waals surface area contributed by atoms with Crippen LogP contribution < -0.4 is 15.5 Å². The molecule has 29 heavy (non-hydrogen) atoms. The molecular formula is C21H24N4O3S. The number of fused-ring (bicyclic) bond motifs is 1. The Balaban J connectivity index is 1.67. The van der Waals surface area contributed by atoms with Gasteiger partial charge in [0.1, 0.15) is 6.54 Å². The molecule has 1 aliphatic rings. The van der Waals surface area contributed by atoms with E-state index in [1.807, 2.05) is 36.6 Å². The largest absolute Gasteiger partial charge is 0.324 e. The van der Waals surface area contributed by atoms with Crippen molar-refractivity contribution in [3.05, 3.63) is 48.5 Å². The highest BCUT2D eigenvalue weighted by Crippen LogP contribution is 2.29. The Labute approximate surface area is 174 Å². The Morgan fingerprint density at radius 1 is 1.21 bits per heavy atom. The molecule has 0 unspecified atom stereocenters. The Morgan fingerprint density at radius 2 is 1.90 bits per heavy atom. The molecule has 0 saturated carbocycles. The summed E-state index contributed by atoms with van der Waals surface area (Å²) in [5.74, 6) is -0.670. The molecule has 152 valence electrons. The average molecular weight is 413 g/mol. The maximum atomic E-state index is 13.1. The van der Waals surface area contributed by atoms with E-state index >= 15 is 0 Å². The number of hydrogen-bond acceptors (Lipinski definition) is 5. The minimum atomic E-state index is -0.574. The van der Waals surface area contributed by atoms with Crippen LogP contribution in [0.1, 0.15) is 6.92 Å². The second-order valence-electron chi connectivity index (χ2n) is 6.83. The number of nitrogens with zero attached hydrogens (tertiary/aromatic N) is 2. The molecule has 3 rings (SSSR count). The highest BCUT2D eigenvalue weighted by atomic mass is 32.2.